The van der Waals surface area contributed by atoms with Gasteiger partial charge in [0, 0.05) is 11.1 Å². The Hall–Kier alpha value is -4.68. The number of para-hydroxylation sites is 2. The van der Waals surface area contributed by atoms with Crippen molar-refractivity contribution in [1.82, 2.24) is 0 Å². The summed E-state index contributed by atoms with van der Waals surface area (Å²) in [5.41, 5.74) is -0.333. The van der Waals surface area contributed by atoms with Gasteiger partial charge in [0.05, 0.1) is 11.9 Å². The Morgan fingerprint density at radius 3 is 1.26 bits per heavy atom. The number of hydrogen-bond donors (Lipinski definition) is 0. The monoisotopic (exact) mass is 552 g/mol. The van der Waals surface area contributed by atoms with Crippen LogP contribution in [0.25, 0.3) is 11.1 Å². The molecule has 0 N–H and O–H groups in total. The molecule has 0 unspecified atom stereocenters. The molecule has 0 fully saturated rings. The van der Waals surface area contributed by atoms with Crippen molar-refractivity contribution in [3.8, 4) is 22.6 Å². The summed E-state index contributed by atoms with van der Waals surface area (Å²) >= 11 is 0. The first kappa shape index (κ1) is 26.4. The Morgan fingerprint density at radius 1 is 0.526 bits per heavy atom. The number of carboxylic acid groups (broad SMARTS) is 2. The first-order chi connectivity index (χ1) is 18.0. The van der Waals surface area contributed by atoms with Gasteiger partial charge < -0.3 is 28.2 Å². The maximum absolute atomic E-state index is 12.9. The highest BCUT2D eigenvalue weighted by molar-refractivity contribution is 7.87. The molecule has 4 aromatic rings. The van der Waals surface area contributed by atoms with Gasteiger partial charge in [-0.3, -0.25) is 0 Å². The molecule has 4 rings (SSSR count). The summed E-state index contributed by atoms with van der Waals surface area (Å²) in [6.07, 6.45) is 0. The van der Waals surface area contributed by atoms with Crippen LogP contribution in [0.5, 0.6) is 11.5 Å². The highest BCUT2D eigenvalue weighted by Gasteiger charge is 2.22. The van der Waals surface area contributed by atoms with Crippen LogP contribution in [0.4, 0.5) is 0 Å². The van der Waals surface area contributed by atoms with Gasteiger partial charge >= 0.3 is 20.2 Å². The van der Waals surface area contributed by atoms with Gasteiger partial charge in [-0.15, -0.1) is 0 Å². The lowest BCUT2D eigenvalue weighted by Gasteiger charge is -2.13. The van der Waals surface area contributed by atoms with E-state index in [1.807, 2.05) is 0 Å². The van der Waals surface area contributed by atoms with Gasteiger partial charge in [-0.25, -0.2) is 0 Å². The minimum absolute atomic E-state index is 0.287. The fraction of sp³-hybridized carbons (Fsp3) is 0. The fourth-order valence-corrected chi connectivity index (χ4v) is 5.40. The molecule has 194 valence electrons. The second-order valence-corrected chi connectivity index (χ2v) is 10.8. The predicted octanol–water partition coefficient (Wildman–Crippen LogP) is 1.62. The van der Waals surface area contributed by atoms with Crippen LogP contribution in [0.3, 0.4) is 0 Å². The van der Waals surface area contributed by atoms with E-state index >= 15 is 0 Å². The van der Waals surface area contributed by atoms with Gasteiger partial charge in [0.25, 0.3) is 0 Å². The summed E-state index contributed by atoms with van der Waals surface area (Å²) in [5.74, 6) is -4.10. The van der Waals surface area contributed by atoms with Crippen LogP contribution >= 0.6 is 0 Å². The molecule has 0 atom stereocenters. The van der Waals surface area contributed by atoms with Crippen LogP contribution in [0.2, 0.25) is 0 Å². The van der Waals surface area contributed by atoms with E-state index in [1.54, 1.807) is 0 Å². The first-order valence-corrected chi connectivity index (χ1v) is 13.5. The Labute approximate surface area is 217 Å². The maximum atomic E-state index is 12.9. The lowest BCUT2D eigenvalue weighted by atomic mass is 10.1. The van der Waals surface area contributed by atoms with Crippen LogP contribution in [-0.2, 0) is 20.2 Å². The molecule has 38 heavy (non-hydrogen) atoms. The third kappa shape index (κ3) is 5.66. The zero-order valence-electron chi connectivity index (χ0n) is 19.1. The van der Waals surface area contributed by atoms with Gasteiger partial charge in [-0.1, -0.05) is 48.5 Å². The van der Waals surface area contributed by atoms with Crippen molar-refractivity contribution in [1.29, 1.82) is 0 Å². The Morgan fingerprint density at radius 2 is 0.895 bits per heavy atom. The molecule has 4 aromatic carbocycles. The molecule has 0 aliphatic rings. The summed E-state index contributed by atoms with van der Waals surface area (Å²) in [4.78, 5) is 21.9. The zero-order chi connectivity index (χ0) is 27.5. The summed E-state index contributed by atoms with van der Waals surface area (Å²) in [6.45, 7) is 0. The average molecular weight is 553 g/mol. The minimum atomic E-state index is -4.49. The Bertz CT molecular complexity index is 1630. The van der Waals surface area contributed by atoms with Crippen LogP contribution in [0.15, 0.2) is 107 Å². The molecule has 0 aliphatic heterocycles. The van der Waals surface area contributed by atoms with Crippen LogP contribution in [0, 0.1) is 0 Å². The molecular weight excluding hydrogens is 536 g/mol. The number of hydrogen-bond acceptors (Lipinski definition) is 10. The second-order valence-electron chi connectivity index (χ2n) is 7.70. The standard InChI is InChI=1S/C26H18O10S2/c27-25(28)21-11-1-3-13-23(21)35-37(31,32)19-9-5-7-17(15-19)18-8-6-10-20(16-18)38(33,34)36-24-14-4-2-12-22(24)26(29)30/h1-16H,(H,27,28)(H,29,30)/p-2. The van der Waals surface area contributed by atoms with Gasteiger partial charge in [-0.2, -0.15) is 16.8 Å². The number of benzene rings is 4. The number of aromatic carboxylic acids is 2. The number of carbonyl (C=O) groups is 2. The topological polar surface area (TPSA) is 167 Å². The molecule has 0 saturated carbocycles. The maximum Gasteiger partial charge on any atom is 0.339 e. The molecule has 10 nitrogen and oxygen atoms in total. The zero-order valence-corrected chi connectivity index (χ0v) is 20.8. The van der Waals surface area contributed by atoms with Crippen molar-refractivity contribution in [2.24, 2.45) is 0 Å². The van der Waals surface area contributed by atoms with Crippen molar-refractivity contribution >= 4 is 32.2 Å². The predicted molar refractivity (Wildman–Crippen MR) is 129 cm³/mol. The van der Waals surface area contributed by atoms with E-state index in [-0.39, 0.29) is 20.9 Å². The minimum Gasteiger partial charge on any atom is -0.545 e. The van der Waals surface area contributed by atoms with Crippen molar-refractivity contribution in [3.63, 3.8) is 0 Å². The van der Waals surface area contributed by atoms with Gasteiger partial charge in [0.1, 0.15) is 9.79 Å². The van der Waals surface area contributed by atoms with E-state index in [1.165, 1.54) is 84.9 Å². The van der Waals surface area contributed by atoms with E-state index in [0.717, 1.165) is 12.1 Å². The number of rotatable bonds is 9. The number of carboxylic acids is 2. The second kappa shape index (κ2) is 10.4. The third-order valence-corrected chi connectivity index (χ3v) is 7.65. The van der Waals surface area contributed by atoms with Crippen LogP contribution in [-0.4, -0.2) is 28.8 Å². The Kier molecular flexibility index (Phi) is 7.19. The molecule has 0 spiro atoms. The van der Waals surface area contributed by atoms with Gasteiger partial charge in [0.2, 0.25) is 0 Å². The Balaban J connectivity index is 1.66. The summed E-state index contributed by atoms with van der Waals surface area (Å²) < 4.78 is 61.5. The fourth-order valence-electron chi connectivity index (χ4n) is 3.41. The van der Waals surface area contributed by atoms with E-state index in [4.69, 9.17) is 8.37 Å². The SMILES string of the molecule is O=C([O-])c1ccccc1OS(=O)(=O)c1cccc(-c2cccc(S(=O)(=O)Oc3ccccc3C(=O)[O-])c2)c1. The van der Waals surface area contributed by atoms with Gasteiger partial charge in [-0.05, 0) is 59.7 Å². The lowest BCUT2D eigenvalue weighted by Crippen LogP contribution is -2.24. The highest BCUT2D eigenvalue weighted by Crippen LogP contribution is 2.29. The molecule has 12 heteroatoms. The highest BCUT2D eigenvalue weighted by atomic mass is 32.2. The number of carbonyl (C=O) groups excluding carboxylic acids is 2. The molecule has 0 aromatic heterocycles. The van der Waals surface area contributed by atoms with E-state index in [0.29, 0.717) is 0 Å². The molecule has 0 radical (unpaired) electrons. The van der Waals surface area contributed by atoms with Crippen LogP contribution < -0.4 is 18.6 Å². The molecule has 0 aliphatic carbocycles. The summed E-state index contributed by atoms with van der Waals surface area (Å²) in [5, 5.41) is 22.6. The van der Waals surface area contributed by atoms with E-state index in [9.17, 15) is 36.6 Å². The normalized spacial score (nSPS) is 11.5. The summed E-state index contributed by atoms with van der Waals surface area (Å²) in [7, 11) is -8.98. The molecule has 0 amide bonds. The molecular formula is C26H16O10S2-2. The first-order valence-electron chi connectivity index (χ1n) is 10.7. The van der Waals surface area contributed by atoms with Crippen molar-refractivity contribution < 1.29 is 45.0 Å². The average Bonchev–Trinajstić information content (AvgIpc) is 2.89. The summed E-state index contributed by atoms with van der Waals surface area (Å²) in [6, 6.07) is 20.9. The van der Waals surface area contributed by atoms with Gasteiger partial charge in [0.15, 0.2) is 11.5 Å². The van der Waals surface area contributed by atoms with Crippen molar-refractivity contribution in [2.45, 2.75) is 9.79 Å². The largest absolute Gasteiger partial charge is 0.545 e. The molecule has 0 saturated heterocycles. The van der Waals surface area contributed by atoms with Crippen LogP contribution in [0.1, 0.15) is 20.7 Å². The smallest absolute Gasteiger partial charge is 0.339 e. The molecule has 0 heterocycles. The quantitative estimate of drug-likeness (QED) is 0.278. The van der Waals surface area contributed by atoms with E-state index < -0.39 is 54.8 Å². The van der Waals surface area contributed by atoms with E-state index in [2.05, 4.69) is 0 Å². The molecule has 0 bridgehead atoms. The van der Waals surface area contributed by atoms with Crippen molar-refractivity contribution in [3.05, 3.63) is 108 Å². The van der Waals surface area contributed by atoms with Crippen molar-refractivity contribution in [2.75, 3.05) is 0 Å². The lowest BCUT2D eigenvalue weighted by molar-refractivity contribution is -0.256. The third-order valence-electron chi connectivity index (χ3n) is 5.19.